The van der Waals surface area contributed by atoms with Gasteiger partial charge < -0.3 is 19.1 Å². The van der Waals surface area contributed by atoms with E-state index in [0.29, 0.717) is 12.3 Å². The SMILES string of the molecule is O=C1CSC(c2ccc3c(c2)CCO3)N1CCc1ccc2c(c1)OCO2. The third-order valence-electron chi connectivity index (χ3n) is 5.05. The summed E-state index contributed by atoms with van der Waals surface area (Å²) in [6.07, 6.45) is 1.75. The van der Waals surface area contributed by atoms with Gasteiger partial charge in [0.25, 0.3) is 0 Å². The molecule has 0 bridgehead atoms. The fourth-order valence-corrected chi connectivity index (χ4v) is 4.89. The van der Waals surface area contributed by atoms with Crippen LogP contribution in [0, 0.1) is 0 Å². The molecular formula is C20H19NO4S. The smallest absolute Gasteiger partial charge is 0.233 e. The predicted octanol–water partition coefficient (Wildman–Crippen LogP) is 3.17. The van der Waals surface area contributed by atoms with Crippen molar-refractivity contribution in [1.29, 1.82) is 0 Å². The quantitative estimate of drug-likeness (QED) is 0.829. The lowest BCUT2D eigenvalue weighted by atomic mass is 10.1. The number of carbonyl (C=O) groups is 1. The second-order valence-electron chi connectivity index (χ2n) is 6.65. The van der Waals surface area contributed by atoms with Gasteiger partial charge in [-0.1, -0.05) is 12.1 Å². The van der Waals surface area contributed by atoms with Gasteiger partial charge in [0.05, 0.1) is 12.4 Å². The van der Waals surface area contributed by atoms with Gasteiger partial charge in [-0.15, -0.1) is 11.8 Å². The zero-order valence-corrected chi connectivity index (χ0v) is 15.1. The molecule has 0 radical (unpaired) electrons. The van der Waals surface area contributed by atoms with Gasteiger partial charge in [-0.05, 0) is 47.4 Å². The maximum atomic E-state index is 12.4. The van der Waals surface area contributed by atoms with E-state index in [2.05, 4.69) is 12.1 Å². The van der Waals surface area contributed by atoms with Crippen molar-refractivity contribution in [3.63, 3.8) is 0 Å². The van der Waals surface area contributed by atoms with Gasteiger partial charge in [-0.3, -0.25) is 4.79 Å². The number of amides is 1. The summed E-state index contributed by atoms with van der Waals surface area (Å²) in [4.78, 5) is 14.4. The first-order chi connectivity index (χ1) is 12.8. The zero-order valence-electron chi connectivity index (χ0n) is 14.3. The number of hydrogen-bond donors (Lipinski definition) is 0. The van der Waals surface area contributed by atoms with E-state index in [1.54, 1.807) is 11.8 Å². The van der Waals surface area contributed by atoms with Crippen molar-refractivity contribution in [3.8, 4) is 17.2 Å². The van der Waals surface area contributed by atoms with Gasteiger partial charge in [0.2, 0.25) is 12.7 Å². The Morgan fingerprint density at radius 2 is 1.92 bits per heavy atom. The molecule has 0 saturated carbocycles. The zero-order chi connectivity index (χ0) is 17.5. The number of benzene rings is 2. The minimum Gasteiger partial charge on any atom is -0.493 e. The molecule has 5 nitrogen and oxygen atoms in total. The lowest BCUT2D eigenvalue weighted by molar-refractivity contribution is -0.128. The van der Waals surface area contributed by atoms with Crippen LogP contribution in [0.5, 0.6) is 17.2 Å². The molecule has 2 aromatic carbocycles. The van der Waals surface area contributed by atoms with E-state index in [1.165, 1.54) is 11.1 Å². The van der Waals surface area contributed by atoms with Crippen molar-refractivity contribution < 1.29 is 19.0 Å². The number of nitrogens with zero attached hydrogens (tertiary/aromatic N) is 1. The van der Waals surface area contributed by atoms with Gasteiger partial charge in [0, 0.05) is 13.0 Å². The Labute approximate surface area is 156 Å². The van der Waals surface area contributed by atoms with E-state index in [9.17, 15) is 4.79 Å². The van der Waals surface area contributed by atoms with E-state index in [0.717, 1.165) is 42.3 Å². The van der Waals surface area contributed by atoms with Crippen molar-refractivity contribution in [3.05, 3.63) is 53.1 Å². The van der Waals surface area contributed by atoms with Crippen LogP contribution >= 0.6 is 11.8 Å². The molecule has 1 saturated heterocycles. The summed E-state index contributed by atoms with van der Waals surface area (Å²) in [5, 5.41) is 0.0856. The second kappa shape index (κ2) is 6.43. The van der Waals surface area contributed by atoms with Crippen LogP contribution in [0.3, 0.4) is 0 Å². The Bertz CT molecular complexity index is 869. The summed E-state index contributed by atoms with van der Waals surface area (Å²) in [7, 11) is 0. The average Bonchev–Trinajstić information content (AvgIpc) is 3.38. The topological polar surface area (TPSA) is 48.0 Å². The minimum atomic E-state index is 0.0856. The van der Waals surface area contributed by atoms with Gasteiger partial charge in [0.1, 0.15) is 11.1 Å². The number of thioether (sulfide) groups is 1. The molecule has 6 heteroatoms. The van der Waals surface area contributed by atoms with Crippen LogP contribution in [0.4, 0.5) is 0 Å². The molecule has 3 aliphatic rings. The van der Waals surface area contributed by atoms with Crippen LogP contribution in [-0.4, -0.2) is 36.5 Å². The van der Waals surface area contributed by atoms with Crippen molar-refractivity contribution in [2.75, 3.05) is 25.7 Å². The molecule has 1 fully saturated rings. The highest BCUT2D eigenvalue weighted by molar-refractivity contribution is 8.00. The molecule has 5 rings (SSSR count). The van der Waals surface area contributed by atoms with Crippen LogP contribution in [0.25, 0.3) is 0 Å². The highest BCUT2D eigenvalue weighted by Gasteiger charge is 2.33. The molecular weight excluding hydrogens is 350 g/mol. The number of carbonyl (C=O) groups excluding carboxylic acids is 1. The van der Waals surface area contributed by atoms with Crippen molar-refractivity contribution in [1.82, 2.24) is 4.90 Å². The highest BCUT2D eigenvalue weighted by atomic mass is 32.2. The third kappa shape index (κ3) is 2.78. The van der Waals surface area contributed by atoms with Crippen LogP contribution in [-0.2, 0) is 17.6 Å². The van der Waals surface area contributed by atoms with E-state index < -0.39 is 0 Å². The standard InChI is InChI=1S/C20H19NO4S/c22-19-11-26-20(15-2-4-16-14(10-15)6-8-23-16)21(19)7-5-13-1-3-17-18(9-13)25-12-24-17/h1-4,9-10,20H,5-8,11-12H2. The monoisotopic (exact) mass is 369 g/mol. The number of hydrogen-bond acceptors (Lipinski definition) is 5. The maximum Gasteiger partial charge on any atom is 0.233 e. The van der Waals surface area contributed by atoms with Crippen molar-refractivity contribution in [2.24, 2.45) is 0 Å². The number of rotatable bonds is 4. The average molecular weight is 369 g/mol. The Morgan fingerprint density at radius 3 is 2.88 bits per heavy atom. The Hall–Kier alpha value is -2.34. The molecule has 1 atom stereocenters. The van der Waals surface area contributed by atoms with Crippen LogP contribution < -0.4 is 14.2 Å². The molecule has 1 unspecified atom stereocenters. The largest absolute Gasteiger partial charge is 0.493 e. The number of ether oxygens (including phenoxy) is 3. The summed E-state index contributed by atoms with van der Waals surface area (Å²) in [6.45, 7) is 1.73. The first kappa shape index (κ1) is 15.9. The summed E-state index contributed by atoms with van der Waals surface area (Å²) in [5.74, 6) is 3.31. The molecule has 0 N–H and O–H groups in total. The lowest BCUT2D eigenvalue weighted by Gasteiger charge is -2.24. The molecule has 0 aromatic heterocycles. The number of fused-ring (bicyclic) bond motifs is 2. The molecule has 1 amide bonds. The van der Waals surface area contributed by atoms with E-state index in [4.69, 9.17) is 14.2 Å². The van der Waals surface area contributed by atoms with Gasteiger partial charge in [0.15, 0.2) is 11.5 Å². The molecule has 3 heterocycles. The fraction of sp³-hybridized carbons (Fsp3) is 0.350. The van der Waals surface area contributed by atoms with Crippen molar-refractivity contribution >= 4 is 17.7 Å². The highest BCUT2D eigenvalue weighted by Crippen LogP contribution is 2.41. The summed E-state index contributed by atoms with van der Waals surface area (Å²) in [5.41, 5.74) is 3.59. The first-order valence-electron chi connectivity index (χ1n) is 8.83. The van der Waals surface area contributed by atoms with Crippen molar-refractivity contribution in [2.45, 2.75) is 18.2 Å². The fourth-order valence-electron chi connectivity index (χ4n) is 3.68. The molecule has 3 aliphatic heterocycles. The summed E-state index contributed by atoms with van der Waals surface area (Å²) < 4.78 is 16.4. The van der Waals surface area contributed by atoms with E-state index in [-0.39, 0.29) is 18.1 Å². The Morgan fingerprint density at radius 1 is 1.04 bits per heavy atom. The molecule has 2 aromatic rings. The van der Waals surface area contributed by atoms with Gasteiger partial charge in [-0.25, -0.2) is 0 Å². The first-order valence-corrected chi connectivity index (χ1v) is 9.88. The lowest BCUT2D eigenvalue weighted by Crippen LogP contribution is -2.30. The van der Waals surface area contributed by atoms with Crippen LogP contribution in [0.2, 0.25) is 0 Å². The second-order valence-corrected chi connectivity index (χ2v) is 7.72. The van der Waals surface area contributed by atoms with Crippen LogP contribution in [0.1, 0.15) is 22.1 Å². The third-order valence-corrected chi connectivity index (χ3v) is 6.30. The summed E-state index contributed by atoms with van der Waals surface area (Å²) in [6, 6.07) is 12.3. The van der Waals surface area contributed by atoms with Gasteiger partial charge >= 0.3 is 0 Å². The maximum absolute atomic E-state index is 12.4. The normalized spacial score (nSPS) is 20.4. The molecule has 0 spiro atoms. The molecule has 26 heavy (non-hydrogen) atoms. The Kier molecular flexibility index (Phi) is 3.93. The van der Waals surface area contributed by atoms with Crippen LogP contribution in [0.15, 0.2) is 36.4 Å². The summed E-state index contributed by atoms with van der Waals surface area (Å²) >= 11 is 1.70. The minimum absolute atomic E-state index is 0.0856. The van der Waals surface area contributed by atoms with E-state index >= 15 is 0 Å². The predicted molar refractivity (Wildman–Crippen MR) is 98.8 cm³/mol. The molecule has 134 valence electrons. The molecule has 0 aliphatic carbocycles. The van der Waals surface area contributed by atoms with Gasteiger partial charge in [-0.2, -0.15) is 0 Å². The Balaban J connectivity index is 1.33. The van der Waals surface area contributed by atoms with E-state index in [1.807, 2.05) is 29.2 Å².